The highest BCUT2D eigenvalue weighted by Gasteiger charge is 2.20. The van der Waals surface area contributed by atoms with Crippen molar-refractivity contribution in [2.75, 3.05) is 13.2 Å². The Morgan fingerprint density at radius 1 is 0.435 bits per heavy atom. The maximum Gasteiger partial charge on any atom is 0.305 e. The summed E-state index contributed by atoms with van der Waals surface area (Å²) in [6.07, 6.45) is 60.6. The summed E-state index contributed by atoms with van der Waals surface area (Å²) in [5, 5.41) is 23.3. The van der Waals surface area contributed by atoms with Gasteiger partial charge in [0.2, 0.25) is 5.91 Å². The molecule has 2 atom stereocenters. The van der Waals surface area contributed by atoms with E-state index in [0.29, 0.717) is 25.9 Å². The Kier molecular flexibility index (Phi) is 51.0. The molecule has 1 amide bonds. The SMILES string of the molecule is CCCCCCCCCCCCCCCCCCCCCCCC(O)C(CO)NC(=O)CCCCCC/C=C\CCCCOC(=O)CCCCCCCCCCCCCCCC. The van der Waals surface area contributed by atoms with Gasteiger partial charge in [-0.3, -0.25) is 9.59 Å². The standard InChI is InChI=1S/C56H109NO5/c1-3-5-7-9-11-13-15-17-19-20-21-22-23-24-25-26-28-32-36-40-44-48-54(59)53(52-58)57-55(60)49-45-41-37-33-30-31-35-39-43-47-51-62-56(61)50-46-42-38-34-29-27-18-16-14-12-10-8-6-4-2/h31,35,53-54,58-59H,3-30,32-34,36-52H2,1-2H3,(H,57,60)/b35-31-. The van der Waals surface area contributed by atoms with Gasteiger partial charge in [0.1, 0.15) is 0 Å². The zero-order valence-electron chi connectivity index (χ0n) is 41.9. The van der Waals surface area contributed by atoms with Crippen LogP contribution in [0.3, 0.4) is 0 Å². The van der Waals surface area contributed by atoms with Gasteiger partial charge in [0, 0.05) is 12.8 Å². The van der Waals surface area contributed by atoms with Gasteiger partial charge in [-0.05, 0) is 51.4 Å². The number of rotatable bonds is 52. The normalized spacial score (nSPS) is 12.6. The van der Waals surface area contributed by atoms with E-state index in [0.717, 1.165) is 77.0 Å². The third kappa shape index (κ3) is 48.1. The number of esters is 1. The van der Waals surface area contributed by atoms with Gasteiger partial charge in [0.05, 0.1) is 25.4 Å². The number of carbonyl (C=O) groups excluding carboxylic acids is 2. The maximum atomic E-state index is 12.5. The second kappa shape index (κ2) is 52.2. The molecule has 368 valence electrons. The van der Waals surface area contributed by atoms with Crippen LogP contribution >= 0.6 is 0 Å². The second-order valence-electron chi connectivity index (χ2n) is 19.3. The molecule has 0 fully saturated rings. The maximum absolute atomic E-state index is 12.5. The van der Waals surface area contributed by atoms with E-state index < -0.39 is 12.1 Å². The highest BCUT2D eigenvalue weighted by molar-refractivity contribution is 5.76. The van der Waals surface area contributed by atoms with Crippen molar-refractivity contribution < 1.29 is 24.5 Å². The van der Waals surface area contributed by atoms with E-state index in [1.807, 2.05) is 0 Å². The number of aliphatic hydroxyl groups excluding tert-OH is 2. The molecule has 2 unspecified atom stereocenters. The highest BCUT2D eigenvalue weighted by atomic mass is 16.5. The molecule has 0 aromatic rings. The molecule has 6 nitrogen and oxygen atoms in total. The first-order valence-electron chi connectivity index (χ1n) is 27.9. The predicted octanol–water partition coefficient (Wildman–Crippen LogP) is 16.9. The van der Waals surface area contributed by atoms with E-state index in [9.17, 15) is 19.8 Å². The monoisotopic (exact) mass is 876 g/mol. The zero-order valence-corrected chi connectivity index (χ0v) is 41.9. The predicted molar refractivity (Wildman–Crippen MR) is 269 cm³/mol. The van der Waals surface area contributed by atoms with Crippen LogP contribution in [0, 0.1) is 0 Å². The first kappa shape index (κ1) is 60.6. The number of nitrogens with one attached hydrogen (secondary N) is 1. The minimum Gasteiger partial charge on any atom is -0.466 e. The summed E-state index contributed by atoms with van der Waals surface area (Å²) >= 11 is 0. The van der Waals surface area contributed by atoms with Crippen LogP contribution in [-0.2, 0) is 14.3 Å². The lowest BCUT2D eigenvalue weighted by molar-refractivity contribution is -0.143. The fraction of sp³-hybridized carbons (Fsp3) is 0.929. The van der Waals surface area contributed by atoms with E-state index >= 15 is 0 Å². The largest absolute Gasteiger partial charge is 0.466 e. The molecule has 0 aliphatic heterocycles. The Morgan fingerprint density at radius 2 is 0.758 bits per heavy atom. The molecule has 0 spiro atoms. The van der Waals surface area contributed by atoms with Crippen molar-refractivity contribution in [3.05, 3.63) is 12.2 Å². The highest BCUT2D eigenvalue weighted by Crippen LogP contribution is 2.17. The van der Waals surface area contributed by atoms with Crippen molar-refractivity contribution in [2.24, 2.45) is 0 Å². The Hall–Kier alpha value is -1.40. The molecule has 0 aromatic heterocycles. The molecule has 3 N–H and O–H groups in total. The van der Waals surface area contributed by atoms with Crippen LogP contribution in [0.5, 0.6) is 0 Å². The summed E-state index contributed by atoms with van der Waals surface area (Å²) in [6, 6.07) is -0.566. The van der Waals surface area contributed by atoms with Crippen molar-refractivity contribution >= 4 is 11.9 Å². The van der Waals surface area contributed by atoms with Crippen molar-refractivity contribution in [1.29, 1.82) is 0 Å². The lowest BCUT2D eigenvalue weighted by Gasteiger charge is -2.22. The molecule has 62 heavy (non-hydrogen) atoms. The summed E-state index contributed by atoms with van der Waals surface area (Å²) in [5.74, 6) is -0.100. The molecule has 0 radical (unpaired) electrons. The molecule has 0 saturated heterocycles. The molecular weight excluding hydrogens is 767 g/mol. The first-order valence-corrected chi connectivity index (χ1v) is 27.9. The van der Waals surface area contributed by atoms with Gasteiger partial charge >= 0.3 is 5.97 Å². The van der Waals surface area contributed by atoms with Crippen LogP contribution in [0.25, 0.3) is 0 Å². The molecular formula is C56H109NO5. The summed E-state index contributed by atoms with van der Waals surface area (Å²) in [6.45, 7) is 4.89. The number of carbonyl (C=O) groups is 2. The van der Waals surface area contributed by atoms with Gasteiger partial charge in [-0.1, -0.05) is 257 Å². The molecule has 0 aromatic carbocycles. The number of ether oxygens (including phenoxy) is 1. The minimum absolute atomic E-state index is 0.0332. The van der Waals surface area contributed by atoms with E-state index in [-0.39, 0.29) is 18.5 Å². The Morgan fingerprint density at radius 3 is 1.15 bits per heavy atom. The summed E-state index contributed by atoms with van der Waals surface area (Å²) in [4.78, 5) is 24.5. The number of hydrogen-bond acceptors (Lipinski definition) is 5. The van der Waals surface area contributed by atoms with Crippen molar-refractivity contribution in [1.82, 2.24) is 5.32 Å². The van der Waals surface area contributed by atoms with Crippen LogP contribution in [0.2, 0.25) is 0 Å². The molecule has 0 saturated carbocycles. The van der Waals surface area contributed by atoms with Gasteiger partial charge in [-0.2, -0.15) is 0 Å². The Labute approximate surface area is 387 Å². The average molecular weight is 876 g/mol. The summed E-state index contributed by atoms with van der Waals surface area (Å²) in [7, 11) is 0. The number of unbranched alkanes of at least 4 members (excludes halogenated alkanes) is 39. The van der Waals surface area contributed by atoms with Gasteiger partial charge in [0.15, 0.2) is 0 Å². The quantitative estimate of drug-likeness (QED) is 0.0321. The van der Waals surface area contributed by atoms with Gasteiger partial charge in [-0.15, -0.1) is 0 Å². The summed E-state index contributed by atoms with van der Waals surface area (Å²) in [5.41, 5.74) is 0. The fourth-order valence-corrected chi connectivity index (χ4v) is 8.75. The number of hydrogen-bond donors (Lipinski definition) is 3. The second-order valence-corrected chi connectivity index (χ2v) is 19.3. The van der Waals surface area contributed by atoms with E-state index in [1.165, 1.54) is 199 Å². The first-order chi connectivity index (χ1) is 30.5. The van der Waals surface area contributed by atoms with Crippen LogP contribution in [0.1, 0.15) is 309 Å². The summed E-state index contributed by atoms with van der Waals surface area (Å²) < 4.78 is 5.44. The van der Waals surface area contributed by atoms with E-state index in [1.54, 1.807) is 0 Å². The smallest absolute Gasteiger partial charge is 0.305 e. The van der Waals surface area contributed by atoms with Gasteiger partial charge < -0.3 is 20.3 Å². The zero-order chi connectivity index (χ0) is 45.1. The number of amides is 1. The minimum atomic E-state index is -0.685. The molecule has 0 rings (SSSR count). The number of aliphatic hydroxyl groups is 2. The molecule has 0 aliphatic carbocycles. The molecule has 0 bridgehead atoms. The van der Waals surface area contributed by atoms with Crippen molar-refractivity contribution in [3.63, 3.8) is 0 Å². The average Bonchev–Trinajstić information content (AvgIpc) is 3.27. The van der Waals surface area contributed by atoms with Crippen LogP contribution < -0.4 is 5.32 Å². The van der Waals surface area contributed by atoms with E-state index in [2.05, 4.69) is 31.3 Å². The van der Waals surface area contributed by atoms with Crippen LogP contribution in [0.15, 0.2) is 12.2 Å². The topological polar surface area (TPSA) is 95.9 Å². The molecule has 6 heteroatoms. The van der Waals surface area contributed by atoms with Gasteiger partial charge in [0.25, 0.3) is 0 Å². The number of allylic oxidation sites excluding steroid dienone is 2. The lowest BCUT2D eigenvalue weighted by Crippen LogP contribution is -2.45. The molecule has 0 aliphatic rings. The molecule has 0 heterocycles. The fourth-order valence-electron chi connectivity index (χ4n) is 8.75. The third-order valence-electron chi connectivity index (χ3n) is 13.1. The van der Waals surface area contributed by atoms with Crippen LogP contribution in [0.4, 0.5) is 0 Å². The van der Waals surface area contributed by atoms with Gasteiger partial charge in [-0.25, -0.2) is 0 Å². The third-order valence-corrected chi connectivity index (χ3v) is 13.1. The van der Waals surface area contributed by atoms with E-state index in [4.69, 9.17) is 4.74 Å². The van der Waals surface area contributed by atoms with Crippen LogP contribution in [-0.4, -0.2) is 47.4 Å². The van der Waals surface area contributed by atoms with Crippen molar-refractivity contribution in [3.8, 4) is 0 Å². The lowest BCUT2D eigenvalue weighted by atomic mass is 10.0. The Bertz CT molecular complexity index is 924. The Balaban J connectivity index is 3.50. The van der Waals surface area contributed by atoms with Crippen molar-refractivity contribution in [2.45, 2.75) is 321 Å².